The van der Waals surface area contributed by atoms with Gasteiger partial charge in [-0.15, -0.1) is 24.0 Å². The molecule has 0 aliphatic carbocycles. The third-order valence-corrected chi connectivity index (χ3v) is 5.45. The number of nitrogens with one attached hydrogen (secondary N) is 2. The Morgan fingerprint density at radius 2 is 1.67 bits per heavy atom. The summed E-state index contributed by atoms with van der Waals surface area (Å²) in [6.07, 6.45) is 4.45. The van der Waals surface area contributed by atoms with Crippen LogP contribution in [0.15, 0.2) is 53.5 Å². The summed E-state index contributed by atoms with van der Waals surface area (Å²) in [5, 5.41) is 6.74. The Bertz CT molecular complexity index is 847. The Morgan fingerprint density at radius 1 is 0.967 bits per heavy atom. The Labute approximate surface area is 197 Å². The van der Waals surface area contributed by atoms with Crippen LogP contribution in [-0.2, 0) is 19.5 Å². The van der Waals surface area contributed by atoms with Crippen molar-refractivity contribution in [3.63, 3.8) is 0 Å². The Balaban J connectivity index is 0.00000320. The minimum Gasteiger partial charge on any atom is -0.352 e. The van der Waals surface area contributed by atoms with Gasteiger partial charge in [0.05, 0.1) is 0 Å². The summed E-state index contributed by atoms with van der Waals surface area (Å²) in [7, 11) is 1.78. The number of piperidine rings is 1. The Kier molecular flexibility index (Phi) is 10.1. The van der Waals surface area contributed by atoms with Gasteiger partial charge in [-0.25, -0.2) is 0 Å². The summed E-state index contributed by atoms with van der Waals surface area (Å²) in [6.45, 7) is 5.27. The van der Waals surface area contributed by atoms with Crippen LogP contribution >= 0.6 is 24.0 Å². The van der Waals surface area contributed by atoms with Crippen LogP contribution in [0.3, 0.4) is 0 Å². The van der Waals surface area contributed by atoms with E-state index < -0.39 is 0 Å². The van der Waals surface area contributed by atoms with Crippen molar-refractivity contribution in [2.24, 2.45) is 4.99 Å². The molecule has 0 atom stereocenters. The fourth-order valence-electron chi connectivity index (χ4n) is 3.75. The standard InChI is InChI=1S/C24H32N4O.HI/c1-3-20-11-5-6-12-22(20)18-27-24(25-2)26-17-19-10-9-13-21(16-19)23(29)28-14-7-4-8-15-28;/h5-6,9-13,16H,3-4,7-8,14-15,17-18H2,1-2H3,(H2,25,26,27);1H. The molecule has 1 amide bonds. The van der Waals surface area contributed by atoms with Gasteiger partial charge in [-0.2, -0.15) is 0 Å². The fraction of sp³-hybridized carbons (Fsp3) is 0.417. The fourth-order valence-corrected chi connectivity index (χ4v) is 3.75. The number of hydrogen-bond donors (Lipinski definition) is 2. The van der Waals surface area contributed by atoms with Crippen molar-refractivity contribution in [1.29, 1.82) is 0 Å². The molecule has 2 aromatic carbocycles. The van der Waals surface area contributed by atoms with Crippen molar-refractivity contribution in [3.8, 4) is 0 Å². The lowest BCUT2D eigenvalue weighted by Gasteiger charge is -2.26. The first-order valence-electron chi connectivity index (χ1n) is 10.6. The van der Waals surface area contributed by atoms with E-state index in [9.17, 15) is 4.79 Å². The summed E-state index contributed by atoms with van der Waals surface area (Å²) in [5.41, 5.74) is 4.47. The minimum absolute atomic E-state index is 0. The molecule has 162 valence electrons. The number of rotatable bonds is 6. The van der Waals surface area contributed by atoms with Crippen LogP contribution in [0.5, 0.6) is 0 Å². The quantitative estimate of drug-likeness (QED) is 0.338. The first kappa shape index (κ1) is 24.2. The van der Waals surface area contributed by atoms with E-state index in [0.29, 0.717) is 6.54 Å². The lowest BCUT2D eigenvalue weighted by Crippen LogP contribution is -2.37. The van der Waals surface area contributed by atoms with E-state index in [1.165, 1.54) is 17.5 Å². The van der Waals surface area contributed by atoms with Gasteiger partial charge >= 0.3 is 0 Å². The number of amides is 1. The van der Waals surface area contributed by atoms with Gasteiger partial charge in [-0.1, -0.05) is 43.3 Å². The van der Waals surface area contributed by atoms with Gasteiger partial charge in [0.1, 0.15) is 0 Å². The van der Waals surface area contributed by atoms with Gasteiger partial charge < -0.3 is 15.5 Å². The van der Waals surface area contributed by atoms with Crippen molar-refractivity contribution in [2.75, 3.05) is 20.1 Å². The maximum absolute atomic E-state index is 12.7. The van der Waals surface area contributed by atoms with E-state index in [-0.39, 0.29) is 29.9 Å². The highest BCUT2D eigenvalue weighted by molar-refractivity contribution is 14.0. The number of guanidine groups is 1. The number of carbonyl (C=O) groups excluding carboxylic acids is 1. The number of aryl methyl sites for hydroxylation is 1. The summed E-state index contributed by atoms with van der Waals surface area (Å²) < 4.78 is 0. The van der Waals surface area contributed by atoms with Gasteiger partial charge in [0.25, 0.3) is 5.91 Å². The second kappa shape index (κ2) is 12.6. The highest BCUT2D eigenvalue weighted by atomic mass is 127. The Morgan fingerprint density at radius 3 is 2.37 bits per heavy atom. The maximum atomic E-state index is 12.7. The third kappa shape index (κ3) is 6.72. The van der Waals surface area contributed by atoms with Crippen LogP contribution in [0.2, 0.25) is 0 Å². The van der Waals surface area contributed by atoms with Gasteiger partial charge in [0.15, 0.2) is 5.96 Å². The smallest absolute Gasteiger partial charge is 0.253 e. The monoisotopic (exact) mass is 520 g/mol. The number of halogens is 1. The topological polar surface area (TPSA) is 56.7 Å². The van der Waals surface area contributed by atoms with Gasteiger partial charge in [0, 0.05) is 38.8 Å². The molecule has 1 heterocycles. The zero-order valence-corrected chi connectivity index (χ0v) is 20.3. The zero-order valence-electron chi connectivity index (χ0n) is 18.0. The highest BCUT2D eigenvalue weighted by Crippen LogP contribution is 2.14. The van der Waals surface area contributed by atoms with Crippen molar-refractivity contribution >= 4 is 35.8 Å². The molecule has 0 saturated carbocycles. The van der Waals surface area contributed by atoms with Crippen molar-refractivity contribution in [1.82, 2.24) is 15.5 Å². The molecule has 2 aromatic rings. The molecule has 3 rings (SSSR count). The average Bonchev–Trinajstić information content (AvgIpc) is 2.79. The van der Waals surface area contributed by atoms with Crippen LogP contribution in [0, 0.1) is 0 Å². The molecule has 0 spiro atoms. The van der Waals surface area contributed by atoms with Gasteiger partial charge in [0.2, 0.25) is 0 Å². The predicted molar refractivity (Wildman–Crippen MR) is 134 cm³/mol. The lowest BCUT2D eigenvalue weighted by molar-refractivity contribution is 0.0724. The predicted octanol–water partition coefficient (Wildman–Crippen LogP) is 4.36. The van der Waals surface area contributed by atoms with Gasteiger partial charge in [-0.05, 0) is 54.5 Å². The average molecular weight is 520 g/mol. The molecule has 6 heteroatoms. The molecular formula is C24H33IN4O. The van der Waals surface area contributed by atoms with Crippen molar-refractivity contribution < 1.29 is 4.79 Å². The van der Waals surface area contributed by atoms with Crippen molar-refractivity contribution in [3.05, 3.63) is 70.8 Å². The number of aliphatic imine (C=N–C) groups is 1. The number of carbonyl (C=O) groups is 1. The lowest BCUT2D eigenvalue weighted by atomic mass is 10.1. The Hall–Kier alpha value is -2.09. The maximum Gasteiger partial charge on any atom is 0.253 e. The second-order valence-corrected chi connectivity index (χ2v) is 7.45. The van der Waals surface area contributed by atoms with E-state index in [0.717, 1.165) is 56.0 Å². The summed E-state index contributed by atoms with van der Waals surface area (Å²) in [5.74, 6) is 0.897. The van der Waals surface area contributed by atoms with Crippen LogP contribution in [0.4, 0.5) is 0 Å². The van der Waals surface area contributed by atoms with Crippen molar-refractivity contribution in [2.45, 2.75) is 45.7 Å². The van der Waals surface area contributed by atoms with Gasteiger partial charge in [-0.3, -0.25) is 9.79 Å². The van der Waals surface area contributed by atoms with Crippen LogP contribution in [0.25, 0.3) is 0 Å². The number of nitrogens with zero attached hydrogens (tertiary/aromatic N) is 2. The minimum atomic E-state index is 0. The second-order valence-electron chi connectivity index (χ2n) is 7.45. The van der Waals surface area contributed by atoms with E-state index in [4.69, 9.17) is 0 Å². The normalized spacial score (nSPS) is 14.1. The molecule has 0 radical (unpaired) electrons. The van der Waals surface area contributed by atoms with E-state index in [1.54, 1.807) is 7.05 Å². The number of benzene rings is 2. The molecule has 30 heavy (non-hydrogen) atoms. The van der Waals surface area contributed by atoms with Crippen LogP contribution in [0.1, 0.15) is 53.2 Å². The van der Waals surface area contributed by atoms with E-state index in [1.807, 2.05) is 29.2 Å². The molecule has 2 N–H and O–H groups in total. The third-order valence-electron chi connectivity index (χ3n) is 5.45. The highest BCUT2D eigenvalue weighted by Gasteiger charge is 2.18. The molecule has 1 aliphatic heterocycles. The van der Waals surface area contributed by atoms with E-state index >= 15 is 0 Å². The molecule has 1 aliphatic rings. The summed E-state index contributed by atoms with van der Waals surface area (Å²) >= 11 is 0. The molecule has 1 saturated heterocycles. The first-order chi connectivity index (χ1) is 14.2. The molecule has 5 nitrogen and oxygen atoms in total. The molecule has 0 aromatic heterocycles. The molecule has 1 fully saturated rings. The first-order valence-corrected chi connectivity index (χ1v) is 10.6. The van der Waals surface area contributed by atoms with E-state index in [2.05, 4.69) is 46.8 Å². The van der Waals surface area contributed by atoms with Crippen LogP contribution in [-0.4, -0.2) is 36.9 Å². The van der Waals surface area contributed by atoms with Crippen LogP contribution < -0.4 is 10.6 Å². The number of hydrogen-bond acceptors (Lipinski definition) is 2. The summed E-state index contributed by atoms with van der Waals surface area (Å²) in [6, 6.07) is 16.4. The zero-order chi connectivity index (χ0) is 20.5. The molecule has 0 bridgehead atoms. The largest absolute Gasteiger partial charge is 0.352 e. The summed E-state index contributed by atoms with van der Waals surface area (Å²) in [4.78, 5) is 19.0. The SMILES string of the molecule is CCc1ccccc1CNC(=NC)NCc1cccc(C(=O)N2CCCCC2)c1.I. The molecule has 0 unspecified atom stereocenters. The molecular weight excluding hydrogens is 487 g/mol. The number of likely N-dealkylation sites (tertiary alicyclic amines) is 1.